The van der Waals surface area contributed by atoms with E-state index >= 15 is 0 Å². The maximum absolute atomic E-state index is 10.7. The molecule has 1 rings (SSSR count). The highest BCUT2D eigenvalue weighted by Crippen LogP contribution is 2.24. The van der Waals surface area contributed by atoms with Crippen molar-refractivity contribution in [2.45, 2.75) is 11.8 Å². The summed E-state index contributed by atoms with van der Waals surface area (Å²) in [6.07, 6.45) is 0. The molecule has 0 saturated carbocycles. The first-order chi connectivity index (χ1) is 5.52. The number of nitrogens with two attached hydrogens (primary N) is 1. The average Bonchev–Trinajstić information content (AvgIpc) is 1.96. The summed E-state index contributed by atoms with van der Waals surface area (Å²) in [6.45, 7) is 1.78. The first-order valence-electron chi connectivity index (χ1n) is 3.19. The smallest absolute Gasteiger partial charge is 0.188 e. The molecule has 1 atom stereocenters. The maximum atomic E-state index is 10.7. The van der Waals surface area contributed by atoms with E-state index in [1.165, 1.54) is 6.07 Å². The summed E-state index contributed by atoms with van der Waals surface area (Å²) in [6, 6.07) is 2.98. The van der Waals surface area contributed by atoms with Gasteiger partial charge in [0.2, 0.25) is 0 Å². The molecule has 0 aromatic heterocycles. The standard InChI is InChI=1S/C7H8ClNO2S/c1-4-2-6(9)7(12(10)11)3-5(4)8/h2-3H,9H2,1H3,(H,10,11). The lowest BCUT2D eigenvalue weighted by Gasteiger charge is -2.03. The van der Waals surface area contributed by atoms with E-state index in [-0.39, 0.29) is 10.6 Å². The van der Waals surface area contributed by atoms with Gasteiger partial charge in [0.25, 0.3) is 0 Å². The van der Waals surface area contributed by atoms with Crippen LogP contribution in [0.4, 0.5) is 5.69 Å². The minimum Gasteiger partial charge on any atom is -0.398 e. The lowest BCUT2D eigenvalue weighted by atomic mass is 10.2. The number of anilines is 1. The van der Waals surface area contributed by atoms with Crippen molar-refractivity contribution in [3.63, 3.8) is 0 Å². The van der Waals surface area contributed by atoms with E-state index in [0.29, 0.717) is 5.02 Å². The van der Waals surface area contributed by atoms with Gasteiger partial charge >= 0.3 is 0 Å². The van der Waals surface area contributed by atoms with Crippen LogP contribution < -0.4 is 5.73 Å². The summed E-state index contributed by atoms with van der Waals surface area (Å²) in [5.41, 5.74) is 6.56. The molecule has 1 unspecified atom stereocenters. The van der Waals surface area contributed by atoms with E-state index in [1.54, 1.807) is 13.0 Å². The molecule has 0 saturated heterocycles. The zero-order valence-electron chi connectivity index (χ0n) is 6.37. The molecule has 0 bridgehead atoms. The largest absolute Gasteiger partial charge is 0.398 e. The molecule has 0 amide bonds. The highest BCUT2D eigenvalue weighted by molar-refractivity contribution is 7.79. The molecule has 0 aliphatic heterocycles. The summed E-state index contributed by atoms with van der Waals surface area (Å²) in [4.78, 5) is 0.158. The van der Waals surface area contributed by atoms with Crippen molar-refractivity contribution in [1.29, 1.82) is 0 Å². The first kappa shape index (κ1) is 9.51. The monoisotopic (exact) mass is 205 g/mol. The number of nitrogen functional groups attached to an aromatic ring is 1. The second kappa shape index (κ2) is 3.43. The molecule has 5 heteroatoms. The van der Waals surface area contributed by atoms with Crippen LogP contribution in [-0.4, -0.2) is 8.76 Å². The molecule has 1 aromatic carbocycles. The van der Waals surface area contributed by atoms with Gasteiger partial charge in [0.15, 0.2) is 11.1 Å². The summed E-state index contributed by atoms with van der Waals surface area (Å²) in [5, 5.41) is 0.446. The fourth-order valence-corrected chi connectivity index (χ4v) is 1.54. The van der Waals surface area contributed by atoms with E-state index in [4.69, 9.17) is 21.9 Å². The number of rotatable bonds is 1. The van der Waals surface area contributed by atoms with Crippen LogP contribution in [0.25, 0.3) is 0 Å². The van der Waals surface area contributed by atoms with Crippen molar-refractivity contribution in [2.75, 3.05) is 5.73 Å². The molecule has 0 fully saturated rings. The van der Waals surface area contributed by atoms with Gasteiger partial charge in [0, 0.05) is 5.02 Å². The molecular weight excluding hydrogens is 198 g/mol. The van der Waals surface area contributed by atoms with E-state index < -0.39 is 11.1 Å². The van der Waals surface area contributed by atoms with Crippen LogP contribution in [0.5, 0.6) is 0 Å². The number of benzene rings is 1. The van der Waals surface area contributed by atoms with Crippen molar-refractivity contribution in [3.05, 3.63) is 22.7 Å². The minimum absolute atomic E-state index is 0.158. The Kier molecular flexibility index (Phi) is 2.72. The molecule has 1 aromatic rings. The van der Waals surface area contributed by atoms with Gasteiger partial charge in [-0.15, -0.1) is 0 Å². The second-order valence-electron chi connectivity index (χ2n) is 2.39. The van der Waals surface area contributed by atoms with Gasteiger partial charge in [0.1, 0.15) is 0 Å². The van der Waals surface area contributed by atoms with Gasteiger partial charge in [-0.3, -0.25) is 0 Å². The molecule has 0 heterocycles. The van der Waals surface area contributed by atoms with Crippen molar-refractivity contribution in [3.8, 4) is 0 Å². The Morgan fingerprint density at radius 2 is 2.17 bits per heavy atom. The van der Waals surface area contributed by atoms with Crippen LogP contribution in [0, 0.1) is 6.92 Å². The first-order valence-corrected chi connectivity index (χ1v) is 4.67. The Morgan fingerprint density at radius 1 is 1.58 bits per heavy atom. The molecule has 0 radical (unpaired) electrons. The predicted molar refractivity (Wildman–Crippen MR) is 49.6 cm³/mol. The van der Waals surface area contributed by atoms with E-state index in [0.717, 1.165) is 5.56 Å². The third kappa shape index (κ3) is 1.77. The van der Waals surface area contributed by atoms with Crippen LogP contribution in [0.2, 0.25) is 5.02 Å². The average molecular weight is 206 g/mol. The topological polar surface area (TPSA) is 63.3 Å². The Morgan fingerprint density at radius 3 is 2.67 bits per heavy atom. The number of hydrogen-bond donors (Lipinski definition) is 2. The summed E-state index contributed by atoms with van der Waals surface area (Å²) >= 11 is 3.66. The molecule has 0 aliphatic rings. The van der Waals surface area contributed by atoms with Crippen LogP contribution in [0.15, 0.2) is 17.0 Å². The van der Waals surface area contributed by atoms with Gasteiger partial charge < -0.3 is 10.3 Å². The summed E-state index contributed by atoms with van der Waals surface area (Å²) < 4.78 is 19.4. The number of halogens is 1. The number of hydrogen-bond acceptors (Lipinski definition) is 2. The normalized spacial score (nSPS) is 12.9. The van der Waals surface area contributed by atoms with Gasteiger partial charge in [-0.2, -0.15) is 0 Å². The highest BCUT2D eigenvalue weighted by atomic mass is 35.5. The Bertz CT molecular complexity index is 340. The molecule has 3 nitrogen and oxygen atoms in total. The third-order valence-corrected chi connectivity index (χ3v) is 2.62. The zero-order chi connectivity index (χ0) is 9.30. The van der Waals surface area contributed by atoms with Gasteiger partial charge in [-0.05, 0) is 24.6 Å². The molecule has 12 heavy (non-hydrogen) atoms. The van der Waals surface area contributed by atoms with E-state index in [1.807, 2.05) is 0 Å². The fraction of sp³-hybridized carbons (Fsp3) is 0.143. The zero-order valence-corrected chi connectivity index (χ0v) is 7.95. The molecule has 3 N–H and O–H groups in total. The molecule has 66 valence electrons. The minimum atomic E-state index is -2.07. The van der Waals surface area contributed by atoms with Gasteiger partial charge in [-0.1, -0.05) is 11.6 Å². The molecule has 0 spiro atoms. The van der Waals surface area contributed by atoms with E-state index in [9.17, 15) is 4.21 Å². The van der Waals surface area contributed by atoms with Gasteiger partial charge in [0.05, 0.1) is 10.6 Å². The Balaban J connectivity index is 3.33. The summed E-state index contributed by atoms with van der Waals surface area (Å²) in [7, 11) is 0. The van der Waals surface area contributed by atoms with Crippen molar-refractivity contribution >= 4 is 28.4 Å². The molecular formula is C7H8ClNO2S. The maximum Gasteiger partial charge on any atom is 0.188 e. The van der Waals surface area contributed by atoms with Crippen LogP contribution in [-0.2, 0) is 11.1 Å². The lowest BCUT2D eigenvalue weighted by molar-refractivity contribution is 0.565. The second-order valence-corrected chi connectivity index (χ2v) is 3.73. The van der Waals surface area contributed by atoms with Gasteiger partial charge in [-0.25, -0.2) is 4.21 Å². The SMILES string of the molecule is Cc1cc(N)c(S(=O)O)cc1Cl. The van der Waals surface area contributed by atoms with Crippen molar-refractivity contribution in [1.82, 2.24) is 0 Å². The molecule has 0 aliphatic carbocycles. The summed E-state index contributed by atoms with van der Waals surface area (Å²) in [5.74, 6) is 0. The van der Waals surface area contributed by atoms with E-state index in [2.05, 4.69) is 0 Å². The van der Waals surface area contributed by atoms with Crippen LogP contribution in [0.3, 0.4) is 0 Å². The lowest BCUT2D eigenvalue weighted by Crippen LogP contribution is -1.97. The quantitative estimate of drug-likeness (QED) is 0.543. The Hall–Kier alpha value is -0.580. The van der Waals surface area contributed by atoms with Crippen LogP contribution in [0.1, 0.15) is 5.56 Å². The fourth-order valence-electron chi connectivity index (χ4n) is 0.837. The number of aryl methyl sites for hydroxylation is 1. The van der Waals surface area contributed by atoms with Crippen molar-refractivity contribution in [2.24, 2.45) is 0 Å². The van der Waals surface area contributed by atoms with Crippen molar-refractivity contribution < 1.29 is 8.76 Å². The highest BCUT2D eigenvalue weighted by Gasteiger charge is 2.07. The third-order valence-electron chi connectivity index (χ3n) is 1.48. The Labute approximate surface area is 77.8 Å². The van der Waals surface area contributed by atoms with Crippen LogP contribution >= 0.6 is 11.6 Å². The predicted octanol–water partition coefficient (Wildman–Crippen LogP) is 1.81.